The molecule has 0 unspecified atom stereocenters. The molecular formula is C12H16N4O2S2. The van der Waals surface area contributed by atoms with Gasteiger partial charge in [-0.3, -0.25) is 0 Å². The van der Waals surface area contributed by atoms with Crippen LogP contribution in [0.5, 0.6) is 0 Å². The minimum absolute atomic E-state index is 0.272. The number of fused-ring (bicyclic) bond motifs is 1. The summed E-state index contributed by atoms with van der Waals surface area (Å²) in [5.41, 5.74) is 1.12. The van der Waals surface area contributed by atoms with Crippen molar-refractivity contribution >= 4 is 32.8 Å². The third-order valence-electron chi connectivity index (χ3n) is 3.61. The summed E-state index contributed by atoms with van der Waals surface area (Å²) in [7, 11) is -1.59. The Kier molecular flexibility index (Phi) is 3.72. The third-order valence-corrected chi connectivity index (χ3v) is 6.05. The van der Waals surface area contributed by atoms with Gasteiger partial charge in [-0.05, 0) is 38.1 Å². The molecule has 3 rings (SSSR count). The van der Waals surface area contributed by atoms with Crippen LogP contribution < -0.4 is 5.32 Å². The number of hydrogen-bond donors (Lipinski definition) is 1. The zero-order valence-corrected chi connectivity index (χ0v) is 12.7. The molecule has 20 heavy (non-hydrogen) atoms. The van der Waals surface area contributed by atoms with E-state index in [1.807, 2.05) is 7.05 Å². The fourth-order valence-corrected chi connectivity index (χ4v) is 4.88. The van der Waals surface area contributed by atoms with Crippen molar-refractivity contribution in [2.45, 2.75) is 11.3 Å². The Balaban J connectivity index is 1.95. The number of sulfonamides is 1. The van der Waals surface area contributed by atoms with Crippen LogP contribution in [0.3, 0.4) is 0 Å². The molecule has 108 valence electrons. The molecule has 0 aliphatic carbocycles. The lowest BCUT2D eigenvalue weighted by atomic mass is 10.1. The molecule has 1 atom stereocenters. The lowest BCUT2D eigenvalue weighted by molar-refractivity contribution is 0.451. The lowest BCUT2D eigenvalue weighted by Gasteiger charge is -2.16. The zero-order valence-electron chi connectivity index (χ0n) is 11.1. The van der Waals surface area contributed by atoms with E-state index in [1.54, 1.807) is 22.5 Å². The molecule has 2 aromatic rings. The zero-order chi connectivity index (χ0) is 14.2. The molecule has 0 spiro atoms. The summed E-state index contributed by atoms with van der Waals surface area (Å²) in [6, 6.07) is 5.12. The molecule has 1 aliphatic heterocycles. The molecule has 1 aromatic heterocycles. The van der Waals surface area contributed by atoms with Crippen molar-refractivity contribution in [1.82, 2.24) is 18.4 Å². The van der Waals surface area contributed by atoms with Gasteiger partial charge in [0.1, 0.15) is 15.9 Å². The fraction of sp³-hybridized carbons (Fsp3) is 0.500. The Morgan fingerprint density at radius 3 is 3.10 bits per heavy atom. The maximum atomic E-state index is 12.7. The largest absolute Gasteiger partial charge is 0.319 e. The highest BCUT2D eigenvalue weighted by Gasteiger charge is 2.33. The lowest BCUT2D eigenvalue weighted by Crippen LogP contribution is -2.30. The van der Waals surface area contributed by atoms with Crippen molar-refractivity contribution in [1.29, 1.82) is 0 Å². The summed E-state index contributed by atoms with van der Waals surface area (Å²) >= 11 is 1.04. The van der Waals surface area contributed by atoms with E-state index < -0.39 is 10.0 Å². The summed E-state index contributed by atoms with van der Waals surface area (Å²) < 4.78 is 35.3. The SMILES string of the molecule is CNC[C@@H]1CCN(S(=O)(=O)c2cccc3nsnc23)C1. The molecule has 0 amide bonds. The maximum Gasteiger partial charge on any atom is 0.245 e. The van der Waals surface area contributed by atoms with E-state index in [0.29, 0.717) is 30.0 Å². The Hall–Kier alpha value is -1.09. The highest BCUT2D eigenvalue weighted by atomic mass is 32.2. The van der Waals surface area contributed by atoms with Crippen molar-refractivity contribution in [2.24, 2.45) is 5.92 Å². The number of nitrogens with zero attached hydrogens (tertiary/aromatic N) is 3. The first-order valence-corrected chi connectivity index (χ1v) is 8.66. The van der Waals surface area contributed by atoms with Crippen LogP contribution in [0.25, 0.3) is 11.0 Å². The summed E-state index contributed by atoms with van der Waals surface area (Å²) in [6.07, 6.45) is 0.894. The van der Waals surface area contributed by atoms with Crippen LogP contribution in [-0.2, 0) is 10.0 Å². The predicted molar refractivity (Wildman–Crippen MR) is 78.2 cm³/mol. The Labute approximate surface area is 122 Å². The van der Waals surface area contributed by atoms with E-state index in [0.717, 1.165) is 24.7 Å². The minimum Gasteiger partial charge on any atom is -0.319 e. The molecule has 1 N–H and O–H groups in total. The van der Waals surface area contributed by atoms with Crippen molar-refractivity contribution in [3.8, 4) is 0 Å². The van der Waals surface area contributed by atoms with Gasteiger partial charge in [0.25, 0.3) is 0 Å². The van der Waals surface area contributed by atoms with Crippen molar-refractivity contribution < 1.29 is 8.42 Å². The normalized spacial score (nSPS) is 20.8. The Morgan fingerprint density at radius 1 is 1.45 bits per heavy atom. The smallest absolute Gasteiger partial charge is 0.245 e. The summed E-state index contributed by atoms with van der Waals surface area (Å²) in [5, 5.41) is 3.10. The third kappa shape index (κ3) is 2.32. The molecule has 1 fully saturated rings. The van der Waals surface area contributed by atoms with E-state index in [-0.39, 0.29) is 4.90 Å². The molecular weight excluding hydrogens is 296 g/mol. The monoisotopic (exact) mass is 312 g/mol. The van der Waals surface area contributed by atoms with Gasteiger partial charge in [-0.1, -0.05) is 6.07 Å². The quantitative estimate of drug-likeness (QED) is 0.908. The van der Waals surface area contributed by atoms with E-state index in [2.05, 4.69) is 14.1 Å². The van der Waals surface area contributed by atoms with Crippen LogP contribution >= 0.6 is 11.7 Å². The van der Waals surface area contributed by atoms with Gasteiger partial charge < -0.3 is 5.32 Å². The van der Waals surface area contributed by atoms with E-state index in [9.17, 15) is 8.42 Å². The summed E-state index contributed by atoms with van der Waals surface area (Å²) in [5.74, 6) is 0.377. The van der Waals surface area contributed by atoms with Gasteiger partial charge in [0.05, 0.1) is 11.7 Å². The number of rotatable bonds is 4. The van der Waals surface area contributed by atoms with E-state index >= 15 is 0 Å². The van der Waals surface area contributed by atoms with Gasteiger partial charge in [-0.2, -0.15) is 13.1 Å². The van der Waals surface area contributed by atoms with Gasteiger partial charge in [-0.15, -0.1) is 0 Å². The van der Waals surface area contributed by atoms with Crippen molar-refractivity contribution in [3.05, 3.63) is 18.2 Å². The first-order chi connectivity index (χ1) is 9.63. The molecule has 8 heteroatoms. The van der Waals surface area contributed by atoms with Crippen LogP contribution in [-0.4, -0.2) is 48.2 Å². The fourth-order valence-electron chi connectivity index (χ4n) is 2.60. The second-order valence-corrected chi connectivity index (χ2v) is 7.40. The molecule has 6 nitrogen and oxygen atoms in total. The van der Waals surface area contributed by atoms with Crippen LogP contribution in [0.1, 0.15) is 6.42 Å². The van der Waals surface area contributed by atoms with Crippen molar-refractivity contribution in [3.63, 3.8) is 0 Å². The predicted octanol–water partition coefficient (Wildman–Crippen LogP) is 0.921. The van der Waals surface area contributed by atoms with Crippen LogP contribution in [0.15, 0.2) is 23.1 Å². The summed E-state index contributed by atoms with van der Waals surface area (Å²) in [6.45, 7) is 1.98. The first-order valence-electron chi connectivity index (χ1n) is 6.49. The highest BCUT2D eigenvalue weighted by molar-refractivity contribution is 7.89. The second-order valence-electron chi connectivity index (χ2n) is 4.96. The van der Waals surface area contributed by atoms with Gasteiger partial charge >= 0.3 is 0 Å². The standard InChI is InChI=1S/C12H16N4O2S2/c1-13-7-9-5-6-16(8-9)20(17,18)11-4-2-3-10-12(11)15-19-14-10/h2-4,9,13H,5-8H2,1H3/t9-/m0/s1. The second kappa shape index (κ2) is 5.36. The molecule has 1 aromatic carbocycles. The first kappa shape index (κ1) is 13.9. The highest BCUT2D eigenvalue weighted by Crippen LogP contribution is 2.28. The van der Waals surface area contributed by atoms with Gasteiger partial charge in [0.2, 0.25) is 10.0 Å². The summed E-state index contributed by atoms with van der Waals surface area (Å²) in [4.78, 5) is 0.272. The van der Waals surface area contributed by atoms with Crippen LogP contribution in [0.2, 0.25) is 0 Å². The van der Waals surface area contributed by atoms with E-state index in [1.165, 1.54) is 0 Å². The topological polar surface area (TPSA) is 75.2 Å². The van der Waals surface area contributed by atoms with Crippen LogP contribution in [0, 0.1) is 5.92 Å². The number of hydrogen-bond acceptors (Lipinski definition) is 6. The van der Waals surface area contributed by atoms with E-state index in [4.69, 9.17) is 0 Å². The van der Waals surface area contributed by atoms with Crippen LogP contribution in [0.4, 0.5) is 0 Å². The van der Waals surface area contributed by atoms with Gasteiger partial charge in [0.15, 0.2) is 0 Å². The number of nitrogens with one attached hydrogen (secondary N) is 1. The number of benzene rings is 1. The molecule has 1 saturated heterocycles. The maximum absolute atomic E-state index is 12.7. The average molecular weight is 312 g/mol. The van der Waals surface area contributed by atoms with Gasteiger partial charge in [-0.25, -0.2) is 8.42 Å². The minimum atomic E-state index is -3.48. The van der Waals surface area contributed by atoms with Gasteiger partial charge in [0, 0.05) is 13.1 Å². The molecule has 0 saturated carbocycles. The molecule has 0 radical (unpaired) electrons. The average Bonchev–Trinajstić information content (AvgIpc) is 3.06. The number of aromatic nitrogens is 2. The molecule has 2 heterocycles. The Bertz CT molecular complexity index is 713. The molecule has 1 aliphatic rings. The van der Waals surface area contributed by atoms with Crippen molar-refractivity contribution in [2.75, 3.05) is 26.7 Å². The molecule has 0 bridgehead atoms. The Morgan fingerprint density at radius 2 is 2.30 bits per heavy atom.